The lowest BCUT2D eigenvalue weighted by molar-refractivity contribution is 1.84. The molecular formula is C7H18Cl3PSi2. The molecule has 0 rings (SSSR count). The SMILES string of the molecule is C[Si](C)(C)C([Si](C)(Cl)Cl)=P(C)(C)Cl. The van der Waals surface area contributed by atoms with Gasteiger partial charge in [-0.05, 0) is 26.1 Å². The molecule has 0 aromatic carbocycles. The van der Waals surface area contributed by atoms with Gasteiger partial charge in [-0.3, -0.25) is 0 Å². The Kier molecular flexibility index (Phi) is 4.75. The Morgan fingerprint density at radius 3 is 1.31 bits per heavy atom. The molecule has 0 N–H and O–H groups in total. The lowest BCUT2D eigenvalue weighted by atomic mass is 11.7. The average molecular weight is 296 g/mol. The zero-order valence-corrected chi connectivity index (χ0v) is 14.2. The van der Waals surface area contributed by atoms with Crippen LogP contribution in [0.15, 0.2) is 0 Å². The summed E-state index contributed by atoms with van der Waals surface area (Å²) in [5.41, 5.74) is 0. The number of hydrogen-bond donors (Lipinski definition) is 0. The average Bonchev–Trinajstić information content (AvgIpc) is 1.44. The summed E-state index contributed by atoms with van der Waals surface area (Å²) in [6, 6.07) is 0. The van der Waals surface area contributed by atoms with Crippen molar-refractivity contribution in [3.05, 3.63) is 0 Å². The van der Waals surface area contributed by atoms with Crippen LogP contribution in [0.1, 0.15) is 0 Å². The van der Waals surface area contributed by atoms with Crippen LogP contribution in [-0.2, 0) is 0 Å². The van der Waals surface area contributed by atoms with Gasteiger partial charge in [0.25, 0.3) is 6.69 Å². The van der Waals surface area contributed by atoms with E-state index in [2.05, 4.69) is 33.0 Å². The second-order valence-corrected chi connectivity index (χ2v) is 24.2. The number of hydrogen-bond acceptors (Lipinski definition) is 0. The molecule has 0 fully saturated rings. The van der Waals surface area contributed by atoms with E-state index >= 15 is 0 Å². The quantitative estimate of drug-likeness (QED) is 0.398. The van der Waals surface area contributed by atoms with E-state index < -0.39 is 21.0 Å². The third-order valence-corrected chi connectivity index (χ3v) is 19.7. The second kappa shape index (κ2) is 4.23. The topological polar surface area (TPSA) is 0 Å². The van der Waals surface area contributed by atoms with Crippen LogP contribution in [0.25, 0.3) is 0 Å². The van der Waals surface area contributed by atoms with Crippen LogP contribution in [0.3, 0.4) is 0 Å². The van der Waals surface area contributed by atoms with E-state index in [4.69, 9.17) is 33.4 Å². The maximum atomic E-state index is 6.44. The third-order valence-electron chi connectivity index (χ3n) is 1.66. The summed E-state index contributed by atoms with van der Waals surface area (Å²) < 4.78 is 1.33. The normalized spacial score (nSPS) is 14.5. The predicted molar refractivity (Wildman–Crippen MR) is 76.3 cm³/mol. The van der Waals surface area contributed by atoms with Crippen LogP contribution in [0.5, 0.6) is 0 Å². The summed E-state index contributed by atoms with van der Waals surface area (Å²) in [6.07, 6.45) is -1.52. The monoisotopic (exact) mass is 294 g/mol. The fraction of sp³-hybridized carbons (Fsp3) is 0.857. The molecule has 80 valence electrons. The summed E-state index contributed by atoms with van der Waals surface area (Å²) >= 11 is 19.1. The Morgan fingerprint density at radius 1 is 1.00 bits per heavy atom. The number of halogens is 3. The van der Waals surface area contributed by atoms with Crippen LogP contribution in [-0.4, -0.2) is 32.6 Å². The van der Waals surface area contributed by atoms with Gasteiger partial charge >= 0.3 is 0 Å². The van der Waals surface area contributed by atoms with Crippen molar-refractivity contribution in [1.29, 1.82) is 0 Å². The molecular weight excluding hydrogens is 278 g/mol. The molecule has 0 bridgehead atoms. The third kappa shape index (κ3) is 4.77. The first-order valence-electron chi connectivity index (χ1n) is 4.17. The minimum absolute atomic E-state index is 1.33. The van der Waals surface area contributed by atoms with E-state index in [1.807, 2.05) is 6.55 Å². The molecule has 0 heterocycles. The van der Waals surface area contributed by atoms with Crippen LogP contribution >= 0.6 is 39.6 Å². The molecule has 6 heteroatoms. The van der Waals surface area contributed by atoms with Gasteiger partial charge in [-0.15, -0.1) is 22.2 Å². The summed E-state index contributed by atoms with van der Waals surface area (Å²) in [4.78, 5) is 0. The van der Waals surface area contributed by atoms with Crippen molar-refractivity contribution in [3.63, 3.8) is 0 Å². The van der Waals surface area contributed by atoms with Crippen molar-refractivity contribution in [2.24, 2.45) is 0 Å². The van der Waals surface area contributed by atoms with Gasteiger partial charge in [-0.25, -0.2) is 0 Å². The van der Waals surface area contributed by atoms with Gasteiger partial charge in [0.2, 0.25) is 0 Å². The molecule has 0 saturated heterocycles. The highest BCUT2D eigenvalue weighted by Crippen LogP contribution is 2.51. The van der Waals surface area contributed by atoms with Gasteiger partial charge in [0, 0.05) is 0 Å². The Hall–Kier alpha value is 1.60. The van der Waals surface area contributed by atoms with Gasteiger partial charge in [0.05, 0.1) is 8.07 Å². The second-order valence-electron chi connectivity index (χ2n) is 4.80. The molecule has 0 aromatic rings. The first-order chi connectivity index (χ1) is 5.37. The van der Waals surface area contributed by atoms with E-state index in [1.165, 1.54) is 4.54 Å². The molecule has 0 radical (unpaired) electrons. The van der Waals surface area contributed by atoms with Crippen molar-refractivity contribution in [2.45, 2.75) is 26.2 Å². The van der Waals surface area contributed by atoms with Gasteiger partial charge in [0.1, 0.15) is 0 Å². The molecule has 0 saturated carbocycles. The lowest BCUT2D eigenvalue weighted by Gasteiger charge is -2.32. The van der Waals surface area contributed by atoms with Gasteiger partial charge in [-0.1, -0.05) is 35.4 Å². The molecule has 0 aliphatic carbocycles. The molecule has 0 spiro atoms. The molecule has 0 aromatic heterocycles. The lowest BCUT2D eigenvalue weighted by Crippen LogP contribution is -2.47. The van der Waals surface area contributed by atoms with E-state index in [-0.39, 0.29) is 0 Å². The van der Waals surface area contributed by atoms with Crippen molar-refractivity contribution in [2.75, 3.05) is 13.3 Å². The molecule has 0 unspecified atom stereocenters. The smallest absolute Gasteiger partial charge is 0.141 e. The van der Waals surface area contributed by atoms with E-state index in [0.717, 1.165) is 0 Å². The standard InChI is InChI=1S/C7H18Cl3PSi2/c1-11(2,8)7(12(3,4)5)13(6,9)10/h1-6H3. The Labute approximate surface area is 98.1 Å². The Balaban J connectivity index is 5.56. The van der Waals surface area contributed by atoms with E-state index in [1.54, 1.807) is 0 Å². The van der Waals surface area contributed by atoms with E-state index in [9.17, 15) is 0 Å². The first-order valence-corrected chi connectivity index (χ1v) is 15.8. The summed E-state index contributed by atoms with van der Waals surface area (Å²) in [5.74, 6) is 0. The fourth-order valence-electron chi connectivity index (χ4n) is 1.92. The first kappa shape index (κ1) is 14.6. The van der Waals surface area contributed by atoms with Gasteiger partial charge < -0.3 is 0 Å². The van der Waals surface area contributed by atoms with E-state index in [0.29, 0.717) is 0 Å². The molecule has 0 nitrogen and oxygen atoms in total. The van der Waals surface area contributed by atoms with Crippen molar-refractivity contribution >= 4 is 58.9 Å². The Morgan fingerprint density at radius 2 is 1.31 bits per heavy atom. The molecule has 0 aliphatic heterocycles. The zero-order chi connectivity index (χ0) is 11.1. The molecule has 0 amide bonds. The van der Waals surface area contributed by atoms with Crippen LogP contribution in [0.2, 0.25) is 26.2 Å². The van der Waals surface area contributed by atoms with Gasteiger partial charge in [-0.2, -0.15) is 0 Å². The van der Waals surface area contributed by atoms with Crippen LogP contribution in [0, 0.1) is 0 Å². The molecule has 13 heavy (non-hydrogen) atoms. The highest BCUT2D eigenvalue weighted by Gasteiger charge is 2.39. The minimum Gasteiger partial charge on any atom is -0.141 e. The maximum absolute atomic E-state index is 6.44. The predicted octanol–water partition coefficient (Wildman–Crippen LogP) is 4.56. The highest BCUT2D eigenvalue weighted by atomic mass is 35.7. The van der Waals surface area contributed by atoms with Crippen LogP contribution < -0.4 is 0 Å². The minimum atomic E-state index is -2.22. The molecule has 0 aliphatic rings. The zero-order valence-electron chi connectivity index (χ0n) is 9.08. The van der Waals surface area contributed by atoms with Crippen molar-refractivity contribution in [1.82, 2.24) is 0 Å². The van der Waals surface area contributed by atoms with Crippen LogP contribution in [0.4, 0.5) is 0 Å². The maximum Gasteiger partial charge on any atom is 0.271 e. The fourth-order valence-corrected chi connectivity index (χ4v) is 30.8. The largest absolute Gasteiger partial charge is 0.271 e. The number of rotatable bonds is 2. The van der Waals surface area contributed by atoms with Crippen molar-refractivity contribution in [3.8, 4) is 0 Å². The van der Waals surface area contributed by atoms with Crippen molar-refractivity contribution < 1.29 is 0 Å². The summed E-state index contributed by atoms with van der Waals surface area (Å²) in [7, 11) is -1.43. The Bertz CT molecular complexity index is 219. The summed E-state index contributed by atoms with van der Waals surface area (Å²) in [5, 5.41) is 0. The van der Waals surface area contributed by atoms with Gasteiger partial charge in [0.15, 0.2) is 0 Å². The highest BCUT2D eigenvalue weighted by molar-refractivity contribution is 8.06. The summed E-state index contributed by atoms with van der Waals surface area (Å²) in [6.45, 7) is 10.7. The molecule has 0 atom stereocenters.